The minimum absolute atomic E-state index is 0.0925. The van der Waals surface area contributed by atoms with Gasteiger partial charge in [-0.25, -0.2) is 0 Å². The molecule has 0 saturated heterocycles. The summed E-state index contributed by atoms with van der Waals surface area (Å²) in [5.41, 5.74) is 0. The van der Waals surface area contributed by atoms with E-state index in [0.717, 1.165) is 77.0 Å². The highest BCUT2D eigenvalue weighted by atomic mass is 16.6. The number of unbranched alkanes of at least 4 members (excludes halogenated alkanes) is 34. The molecule has 0 saturated carbocycles. The Labute approximate surface area is 434 Å². The third kappa shape index (κ3) is 56.0. The van der Waals surface area contributed by atoms with Crippen molar-refractivity contribution >= 4 is 17.9 Å². The van der Waals surface area contributed by atoms with E-state index in [4.69, 9.17) is 14.2 Å². The summed E-state index contributed by atoms with van der Waals surface area (Å²) in [5.74, 6) is -0.934. The summed E-state index contributed by atoms with van der Waals surface area (Å²) in [7, 11) is 0. The monoisotopic (exact) mass is 979 g/mol. The van der Waals surface area contributed by atoms with Gasteiger partial charge in [0.15, 0.2) is 6.10 Å². The second-order valence-electron chi connectivity index (χ2n) is 20.2. The van der Waals surface area contributed by atoms with Gasteiger partial charge in [0, 0.05) is 19.3 Å². The summed E-state index contributed by atoms with van der Waals surface area (Å²) in [6.07, 6.45) is 73.7. The second kappa shape index (κ2) is 58.7. The van der Waals surface area contributed by atoms with Gasteiger partial charge in [-0.3, -0.25) is 14.4 Å². The number of hydrogen-bond acceptors (Lipinski definition) is 6. The normalized spacial score (nSPS) is 12.4. The smallest absolute Gasteiger partial charge is 0.306 e. The molecule has 0 radical (unpaired) electrons. The van der Waals surface area contributed by atoms with Crippen molar-refractivity contribution in [2.75, 3.05) is 13.2 Å². The van der Waals surface area contributed by atoms with Crippen LogP contribution < -0.4 is 0 Å². The summed E-state index contributed by atoms with van der Waals surface area (Å²) in [5, 5.41) is 0. The van der Waals surface area contributed by atoms with Crippen molar-refractivity contribution in [1.29, 1.82) is 0 Å². The Morgan fingerprint density at radius 3 is 0.857 bits per heavy atom. The maximum Gasteiger partial charge on any atom is 0.306 e. The molecule has 6 heteroatoms. The summed E-state index contributed by atoms with van der Waals surface area (Å²) >= 11 is 0. The first kappa shape index (κ1) is 67.1. The zero-order valence-corrected chi connectivity index (χ0v) is 46.5. The number of carbonyl (C=O) groups excluding carboxylic acids is 3. The molecule has 0 spiro atoms. The van der Waals surface area contributed by atoms with Crippen molar-refractivity contribution in [2.24, 2.45) is 0 Å². The molecule has 0 aromatic heterocycles. The molecule has 6 nitrogen and oxygen atoms in total. The quantitative estimate of drug-likeness (QED) is 0.0261. The molecule has 0 aliphatic carbocycles. The number of ether oxygens (including phenoxy) is 3. The molecule has 0 bridgehead atoms. The second-order valence-corrected chi connectivity index (χ2v) is 20.2. The molecule has 1 atom stereocenters. The zero-order chi connectivity index (χ0) is 50.7. The lowest BCUT2D eigenvalue weighted by Crippen LogP contribution is -2.30. The zero-order valence-electron chi connectivity index (χ0n) is 46.5. The maximum atomic E-state index is 12.8. The lowest BCUT2D eigenvalue weighted by molar-refractivity contribution is -0.167. The molecular formula is C64H114O6. The molecule has 1 unspecified atom stereocenters. The molecule has 406 valence electrons. The summed E-state index contributed by atoms with van der Waals surface area (Å²) in [4.78, 5) is 38.2. The van der Waals surface area contributed by atoms with E-state index < -0.39 is 6.10 Å². The Hall–Kier alpha value is -2.89. The van der Waals surface area contributed by atoms with Gasteiger partial charge in [-0.2, -0.15) is 0 Å². The van der Waals surface area contributed by atoms with Gasteiger partial charge in [-0.05, 0) is 57.8 Å². The van der Waals surface area contributed by atoms with Crippen LogP contribution >= 0.6 is 0 Å². The highest BCUT2D eigenvalue weighted by molar-refractivity contribution is 5.71. The minimum Gasteiger partial charge on any atom is -0.462 e. The van der Waals surface area contributed by atoms with Crippen molar-refractivity contribution in [3.8, 4) is 0 Å². The van der Waals surface area contributed by atoms with Gasteiger partial charge in [0.1, 0.15) is 13.2 Å². The van der Waals surface area contributed by atoms with Gasteiger partial charge in [0.05, 0.1) is 0 Å². The third-order valence-electron chi connectivity index (χ3n) is 13.3. The summed E-state index contributed by atoms with van der Waals surface area (Å²) in [6.45, 7) is 6.53. The van der Waals surface area contributed by atoms with E-state index in [2.05, 4.69) is 81.5 Å². The van der Waals surface area contributed by atoms with Crippen LogP contribution in [0.5, 0.6) is 0 Å². The fourth-order valence-electron chi connectivity index (χ4n) is 8.78. The molecule has 0 aromatic rings. The van der Waals surface area contributed by atoms with E-state index in [0.29, 0.717) is 19.3 Å². The molecule has 0 rings (SSSR count). The molecule has 0 heterocycles. The van der Waals surface area contributed by atoms with E-state index in [1.54, 1.807) is 0 Å². The largest absolute Gasteiger partial charge is 0.462 e. The summed E-state index contributed by atoms with van der Waals surface area (Å²) in [6, 6.07) is 0. The fourth-order valence-corrected chi connectivity index (χ4v) is 8.78. The number of carbonyl (C=O) groups is 3. The number of esters is 3. The SMILES string of the molecule is CC/C=C\C/C=C\C/C=C\C/C=C\C/C=C\CCCC(=O)OC(COC(=O)CCCCCCCCCCCCCCCCC)COC(=O)CCCCCCCCCCCCCCCCCCCCCC. The standard InChI is InChI=1S/C64H114O6/c1-4-7-10-13-16-19-22-25-28-30-31-32-34-36-39-42-45-48-51-54-57-63(66)69-60-61(59-68-62(65)56-53-50-47-44-41-38-35-27-24-21-18-15-12-9-6-3)70-64(67)58-55-52-49-46-43-40-37-33-29-26-23-20-17-14-11-8-5-2/h8,11,17,20,26,29,37,40,46,49,61H,4-7,9-10,12-16,18-19,21-25,27-28,30-36,38-39,41-45,47-48,50-60H2,1-3H3/b11-8-,20-17-,29-26-,40-37-,49-46-. The average molecular weight is 980 g/mol. The van der Waals surface area contributed by atoms with E-state index in [-0.39, 0.29) is 37.5 Å². The number of hydrogen-bond donors (Lipinski definition) is 0. The lowest BCUT2D eigenvalue weighted by atomic mass is 10.0. The van der Waals surface area contributed by atoms with E-state index in [9.17, 15) is 14.4 Å². The Morgan fingerprint density at radius 2 is 0.557 bits per heavy atom. The molecule has 0 N–H and O–H groups in total. The summed E-state index contributed by atoms with van der Waals surface area (Å²) < 4.78 is 16.9. The maximum absolute atomic E-state index is 12.8. The highest BCUT2D eigenvalue weighted by Crippen LogP contribution is 2.17. The predicted octanol–water partition coefficient (Wildman–Crippen LogP) is 20.4. The van der Waals surface area contributed by atoms with Crippen LogP contribution in [0, 0.1) is 0 Å². The number of allylic oxidation sites excluding steroid dienone is 10. The molecule has 70 heavy (non-hydrogen) atoms. The lowest BCUT2D eigenvalue weighted by Gasteiger charge is -2.18. The Kier molecular flexibility index (Phi) is 56.3. The fraction of sp³-hybridized carbons (Fsp3) is 0.797. The van der Waals surface area contributed by atoms with Gasteiger partial charge in [-0.15, -0.1) is 0 Å². The van der Waals surface area contributed by atoms with Crippen molar-refractivity contribution in [3.63, 3.8) is 0 Å². The number of rotatable bonds is 55. The van der Waals surface area contributed by atoms with Gasteiger partial charge in [0.25, 0.3) is 0 Å². The topological polar surface area (TPSA) is 78.9 Å². The predicted molar refractivity (Wildman–Crippen MR) is 302 cm³/mol. The van der Waals surface area contributed by atoms with E-state index in [1.807, 2.05) is 0 Å². The third-order valence-corrected chi connectivity index (χ3v) is 13.3. The van der Waals surface area contributed by atoms with Crippen LogP contribution in [-0.4, -0.2) is 37.2 Å². The molecule has 0 fully saturated rings. The van der Waals surface area contributed by atoms with Crippen molar-refractivity contribution in [2.45, 2.75) is 316 Å². The van der Waals surface area contributed by atoms with Crippen LogP contribution in [0.2, 0.25) is 0 Å². The van der Waals surface area contributed by atoms with Crippen LogP contribution in [0.15, 0.2) is 60.8 Å². The molecule has 0 aliphatic heterocycles. The van der Waals surface area contributed by atoms with Crippen LogP contribution in [0.4, 0.5) is 0 Å². The van der Waals surface area contributed by atoms with Gasteiger partial charge >= 0.3 is 17.9 Å². The van der Waals surface area contributed by atoms with Crippen LogP contribution in [-0.2, 0) is 28.6 Å². The Balaban J connectivity index is 4.39. The van der Waals surface area contributed by atoms with Crippen molar-refractivity contribution in [3.05, 3.63) is 60.8 Å². The first-order chi connectivity index (χ1) is 34.5. The minimum atomic E-state index is -0.801. The average Bonchev–Trinajstić information content (AvgIpc) is 3.36. The van der Waals surface area contributed by atoms with Gasteiger partial charge < -0.3 is 14.2 Å². The van der Waals surface area contributed by atoms with Crippen LogP contribution in [0.25, 0.3) is 0 Å². The molecule has 0 amide bonds. The van der Waals surface area contributed by atoms with Crippen LogP contribution in [0.1, 0.15) is 310 Å². The molecule has 0 aliphatic rings. The van der Waals surface area contributed by atoms with E-state index in [1.165, 1.54) is 186 Å². The first-order valence-corrected chi connectivity index (χ1v) is 30.3. The van der Waals surface area contributed by atoms with Gasteiger partial charge in [-0.1, -0.05) is 293 Å². The first-order valence-electron chi connectivity index (χ1n) is 30.3. The van der Waals surface area contributed by atoms with Crippen molar-refractivity contribution in [1.82, 2.24) is 0 Å². The Morgan fingerprint density at radius 1 is 0.300 bits per heavy atom. The molecular weight excluding hydrogens is 865 g/mol. The highest BCUT2D eigenvalue weighted by Gasteiger charge is 2.19. The van der Waals surface area contributed by atoms with Crippen molar-refractivity contribution < 1.29 is 28.6 Å². The molecule has 0 aromatic carbocycles. The van der Waals surface area contributed by atoms with Gasteiger partial charge in [0.2, 0.25) is 0 Å². The van der Waals surface area contributed by atoms with E-state index >= 15 is 0 Å². The Bertz CT molecular complexity index is 1260. The van der Waals surface area contributed by atoms with Crippen LogP contribution in [0.3, 0.4) is 0 Å².